The van der Waals surface area contributed by atoms with E-state index in [1.165, 1.54) is 10.7 Å². The molecule has 1 aromatic rings. The van der Waals surface area contributed by atoms with Crippen molar-refractivity contribution in [2.75, 3.05) is 26.2 Å². The van der Waals surface area contributed by atoms with Gasteiger partial charge in [-0.15, -0.1) is 11.3 Å². The summed E-state index contributed by atoms with van der Waals surface area (Å²) in [6.07, 6.45) is 0.633. The number of hydrogen-bond acceptors (Lipinski definition) is 4. The van der Waals surface area contributed by atoms with Crippen molar-refractivity contribution in [2.45, 2.75) is 59.9 Å². The molecule has 0 unspecified atom stereocenters. The molecule has 4 nitrogen and oxygen atoms in total. The van der Waals surface area contributed by atoms with E-state index in [4.69, 9.17) is 4.98 Å². The van der Waals surface area contributed by atoms with Crippen LogP contribution in [0.4, 0.5) is 0 Å². The lowest BCUT2D eigenvalue weighted by atomic mass is 9.91. The van der Waals surface area contributed by atoms with E-state index < -0.39 is 0 Å². The normalized spacial score (nSPS) is 17.6. The van der Waals surface area contributed by atoms with Crippen LogP contribution in [0.3, 0.4) is 0 Å². The van der Waals surface area contributed by atoms with Crippen LogP contribution < -0.4 is 0 Å². The molecule has 1 amide bonds. The standard InChI is InChI=1S/C18H31N3OS/c1-17(2,3)11-16(22)21-9-7-20(8-10-21)12-15-19-14(13-23-15)18(4,5)6/h13H,7-12H2,1-6H3. The number of carbonyl (C=O) groups excluding carboxylic acids is 1. The monoisotopic (exact) mass is 337 g/mol. The van der Waals surface area contributed by atoms with Crippen LogP contribution in [0.25, 0.3) is 0 Å². The largest absolute Gasteiger partial charge is 0.340 e. The highest BCUT2D eigenvalue weighted by Crippen LogP contribution is 2.25. The average Bonchev–Trinajstić information content (AvgIpc) is 2.86. The summed E-state index contributed by atoms with van der Waals surface area (Å²) in [5, 5.41) is 3.36. The highest BCUT2D eigenvalue weighted by molar-refractivity contribution is 7.09. The minimum atomic E-state index is 0.0679. The summed E-state index contributed by atoms with van der Waals surface area (Å²) in [7, 11) is 0. The van der Waals surface area contributed by atoms with E-state index in [0.717, 1.165) is 32.7 Å². The van der Waals surface area contributed by atoms with Crippen molar-refractivity contribution in [3.63, 3.8) is 0 Å². The predicted molar refractivity (Wildman–Crippen MR) is 96.7 cm³/mol. The van der Waals surface area contributed by atoms with Gasteiger partial charge in [-0.3, -0.25) is 9.69 Å². The first-order valence-corrected chi connectivity index (χ1v) is 9.37. The average molecular weight is 338 g/mol. The third kappa shape index (κ3) is 5.57. The molecule has 5 heteroatoms. The number of carbonyl (C=O) groups is 1. The van der Waals surface area contributed by atoms with E-state index in [0.29, 0.717) is 12.3 Å². The van der Waals surface area contributed by atoms with Crippen molar-refractivity contribution in [1.82, 2.24) is 14.8 Å². The van der Waals surface area contributed by atoms with E-state index in [-0.39, 0.29) is 10.8 Å². The molecule has 1 aliphatic rings. The topological polar surface area (TPSA) is 36.4 Å². The minimum Gasteiger partial charge on any atom is -0.340 e. The maximum absolute atomic E-state index is 12.3. The molecule has 1 aliphatic heterocycles. The lowest BCUT2D eigenvalue weighted by Gasteiger charge is -2.35. The molecule has 0 saturated carbocycles. The van der Waals surface area contributed by atoms with Crippen LogP contribution in [-0.2, 0) is 16.8 Å². The summed E-state index contributed by atoms with van der Waals surface area (Å²) >= 11 is 1.75. The molecule has 1 aromatic heterocycles. The van der Waals surface area contributed by atoms with Crippen molar-refractivity contribution >= 4 is 17.2 Å². The lowest BCUT2D eigenvalue weighted by Crippen LogP contribution is -2.48. The second-order valence-electron chi connectivity index (χ2n) is 8.77. The van der Waals surface area contributed by atoms with Crippen LogP contribution >= 0.6 is 11.3 Å². The number of piperazine rings is 1. The molecule has 2 rings (SSSR count). The summed E-state index contributed by atoms with van der Waals surface area (Å²) in [5.74, 6) is 0.293. The first-order chi connectivity index (χ1) is 10.5. The summed E-state index contributed by atoms with van der Waals surface area (Å²) in [4.78, 5) is 21.5. The predicted octanol–water partition coefficient (Wildman–Crippen LogP) is 3.52. The van der Waals surface area contributed by atoms with Gasteiger partial charge in [0.1, 0.15) is 5.01 Å². The molecule has 0 bridgehead atoms. The smallest absolute Gasteiger partial charge is 0.223 e. The molecule has 23 heavy (non-hydrogen) atoms. The number of hydrogen-bond donors (Lipinski definition) is 0. The summed E-state index contributed by atoms with van der Waals surface area (Å²) < 4.78 is 0. The quantitative estimate of drug-likeness (QED) is 0.847. The highest BCUT2D eigenvalue weighted by atomic mass is 32.1. The molecule has 0 aromatic carbocycles. The molecule has 1 saturated heterocycles. The minimum absolute atomic E-state index is 0.0679. The Labute approximate surface area is 144 Å². The van der Waals surface area contributed by atoms with Gasteiger partial charge in [-0.2, -0.15) is 0 Å². The number of rotatable bonds is 3. The van der Waals surface area contributed by atoms with Gasteiger partial charge in [0.2, 0.25) is 5.91 Å². The Morgan fingerprint density at radius 2 is 1.74 bits per heavy atom. The van der Waals surface area contributed by atoms with Gasteiger partial charge >= 0.3 is 0 Å². The molecule has 0 atom stereocenters. The number of nitrogens with zero attached hydrogens (tertiary/aromatic N) is 3. The van der Waals surface area contributed by atoms with E-state index in [9.17, 15) is 4.79 Å². The molecule has 1 fully saturated rings. The SMILES string of the molecule is CC(C)(C)CC(=O)N1CCN(Cc2nc(C(C)(C)C)cs2)CC1. The van der Waals surface area contributed by atoms with Crippen LogP contribution in [0.1, 0.15) is 58.7 Å². The fraction of sp³-hybridized carbons (Fsp3) is 0.778. The van der Waals surface area contributed by atoms with Crippen molar-refractivity contribution in [1.29, 1.82) is 0 Å². The van der Waals surface area contributed by atoms with Crippen molar-refractivity contribution in [3.05, 3.63) is 16.1 Å². The van der Waals surface area contributed by atoms with E-state index >= 15 is 0 Å². The molecule has 0 radical (unpaired) electrons. The number of aromatic nitrogens is 1. The van der Waals surface area contributed by atoms with Gasteiger partial charge in [0.15, 0.2) is 0 Å². The fourth-order valence-electron chi connectivity index (χ4n) is 2.64. The lowest BCUT2D eigenvalue weighted by molar-refractivity contribution is -0.134. The van der Waals surface area contributed by atoms with Gasteiger partial charge in [0.05, 0.1) is 12.2 Å². The first-order valence-electron chi connectivity index (χ1n) is 8.50. The molecule has 130 valence electrons. The summed E-state index contributed by atoms with van der Waals surface area (Å²) in [5.41, 5.74) is 1.36. The van der Waals surface area contributed by atoms with Crippen LogP contribution in [-0.4, -0.2) is 46.9 Å². The third-order valence-electron chi connectivity index (χ3n) is 4.09. The third-order valence-corrected chi connectivity index (χ3v) is 4.92. The Hall–Kier alpha value is -0.940. The molecule has 0 aliphatic carbocycles. The summed E-state index contributed by atoms with van der Waals surface area (Å²) in [6.45, 7) is 17.4. The zero-order valence-corrected chi connectivity index (χ0v) is 16.3. The maximum Gasteiger partial charge on any atom is 0.223 e. The van der Waals surface area contributed by atoms with Crippen LogP contribution in [0.2, 0.25) is 0 Å². The number of thiazole rings is 1. The Morgan fingerprint density at radius 1 is 1.13 bits per heavy atom. The van der Waals surface area contributed by atoms with Crippen LogP contribution in [0, 0.1) is 5.41 Å². The van der Waals surface area contributed by atoms with Gasteiger partial charge in [0, 0.05) is 43.4 Å². The van der Waals surface area contributed by atoms with Crippen molar-refractivity contribution < 1.29 is 4.79 Å². The van der Waals surface area contributed by atoms with Crippen molar-refractivity contribution in [2.24, 2.45) is 5.41 Å². The first kappa shape index (κ1) is 18.4. The van der Waals surface area contributed by atoms with Gasteiger partial charge in [-0.25, -0.2) is 4.98 Å². The fourth-order valence-corrected chi connectivity index (χ4v) is 3.70. The van der Waals surface area contributed by atoms with E-state index in [2.05, 4.69) is 51.8 Å². The summed E-state index contributed by atoms with van der Waals surface area (Å²) in [6, 6.07) is 0. The maximum atomic E-state index is 12.3. The van der Waals surface area contributed by atoms with Crippen LogP contribution in [0.5, 0.6) is 0 Å². The van der Waals surface area contributed by atoms with E-state index in [1.807, 2.05) is 4.90 Å². The Bertz CT molecular complexity index is 531. The molecular weight excluding hydrogens is 306 g/mol. The van der Waals surface area contributed by atoms with Crippen LogP contribution in [0.15, 0.2) is 5.38 Å². The van der Waals surface area contributed by atoms with Gasteiger partial charge in [0.25, 0.3) is 0 Å². The Kier molecular flexibility index (Phi) is 5.52. The molecular formula is C18H31N3OS. The Balaban J connectivity index is 1.83. The number of amides is 1. The second kappa shape index (κ2) is 6.89. The molecule has 2 heterocycles. The zero-order chi connectivity index (χ0) is 17.3. The van der Waals surface area contributed by atoms with E-state index in [1.54, 1.807) is 11.3 Å². The zero-order valence-electron chi connectivity index (χ0n) is 15.5. The Morgan fingerprint density at radius 3 is 2.22 bits per heavy atom. The highest BCUT2D eigenvalue weighted by Gasteiger charge is 2.25. The van der Waals surface area contributed by atoms with Gasteiger partial charge < -0.3 is 4.90 Å². The molecule has 0 spiro atoms. The van der Waals surface area contributed by atoms with Crippen molar-refractivity contribution in [3.8, 4) is 0 Å². The molecule has 0 N–H and O–H groups in total. The van der Waals surface area contributed by atoms with Gasteiger partial charge in [-0.1, -0.05) is 41.5 Å². The van der Waals surface area contributed by atoms with Gasteiger partial charge in [-0.05, 0) is 5.41 Å². The second-order valence-corrected chi connectivity index (χ2v) is 9.71.